The average molecular weight is 461 g/mol. The number of benzene rings is 5. The number of para-hydroxylation sites is 1. The summed E-state index contributed by atoms with van der Waals surface area (Å²) in [5.41, 5.74) is 7.13. The van der Waals surface area contributed by atoms with E-state index < -0.39 is 5.41 Å². The average Bonchev–Trinajstić information content (AvgIpc) is 3.12. The highest BCUT2D eigenvalue weighted by Gasteiger charge is 2.52. The molecule has 2 heteroatoms. The molecule has 0 N–H and O–H groups in total. The maximum atomic E-state index is 6.63. The van der Waals surface area contributed by atoms with Gasteiger partial charge in [-0.3, -0.25) is 0 Å². The van der Waals surface area contributed by atoms with E-state index in [1.54, 1.807) is 0 Å². The first-order chi connectivity index (χ1) is 15.3. The summed E-state index contributed by atoms with van der Waals surface area (Å²) in [4.78, 5) is 0. The van der Waals surface area contributed by atoms with Crippen molar-refractivity contribution in [3.05, 3.63) is 130 Å². The third-order valence-corrected chi connectivity index (χ3v) is 7.46. The summed E-state index contributed by atoms with van der Waals surface area (Å²) < 4.78 is 7.75. The highest BCUT2D eigenvalue weighted by atomic mass is 79.9. The zero-order valence-corrected chi connectivity index (χ0v) is 18.2. The van der Waals surface area contributed by atoms with Crippen LogP contribution in [0.25, 0.3) is 21.9 Å². The van der Waals surface area contributed by atoms with Crippen LogP contribution in [0.1, 0.15) is 22.3 Å². The quantitative estimate of drug-likeness (QED) is 0.222. The first-order valence-corrected chi connectivity index (χ1v) is 11.3. The number of ether oxygens (including phenoxy) is 1. The van der Waals surface area contributed by atoms with Gasteiger partial charge in [0.25, 0.3) is 0 Å². The molecule has 1 nitrogen and oxygen atoms in total. The van der Waals surface area contributed by atoms with Gasteiger partial charge in [0.2, 0.25) is 0 Å². The molecule has 1 spiro atoms. The highest BCUT2D eigenvalue weighted by molar-refractivity contribution is 9.10. The summed E-state index contributed by atoms with van der Waals surface area (Å²) in [6.45, 7) is 0. The third-order valence-electron chi connectivity index (χ3n) is 6.80. The smallest absolute Gasteiger partial charge is 0.140 e. The zero-order valence-electron chi connectivity index (χ0n) is 16.6. The van der Waals surface area contributed by atoms with Crippen molar-refractivity contribution in [3.8, 4) is 22.6 Å². The van der Waals surface area contributed by atoms with Crippen molar-refractivity contribution < 1.29 is 4.74 Å². The Bertz CT molecular complexity index is 1530. The molecule has 1 heterocycles. The van der Waals surface area contributed by atoms with Gasteiger partial charge in [0.05, 0.1) is 5.41 Å². The standard InChI is InChI=1S/C29H17BrO/c30-25-14-7-11-21-20-10-3-4-12-22(20)29(27(21)25)23-13-5-6-15-26(23)31-28-19-9-2-1-8-18(19)16-17-24(28)29/h1-17H. The molecular weight excluding hydrogens is 444 g/mol. The van der Waals surface area contributed by atoms with Gasteiger partial charge in [-0.05, 0) is 39.8 Å². The largest absolute Gasteiger partial charge is 0.456 e. The lowest BCUT2D eigenvalue weighted by Crippen LogP contribution is -2.32. The molecule has 2 aliphatic rings. The number of halogens is 1. The van der Waals surface area contributed by atoms with Crippen molar-refractivity contribution in [2.45, 2.75) is 5.41 Å². The second-order valence-corrected chi connectivity index (χ2v) is 9.07. The van der Waals surface area contributed by atoms with Crippen LogP contribution in [0.4, 0.5) is 0 Å². The molecule has 1 atom stereocenters. The van der Waals surface area contributed by atoms with E-state index in [-0.39, 0.29) is 0 Å². The molecule has 0 radical (unpaired) electrons. The third kappa shape index (κ3) is 2.06. The molecule has 7 rings (SSSR count). The molecule has 0 aromatic heterocycles. The van der Waals surface area contributed by atoms with Gasteiger partial charge in [-0.1, -0.05) is 107 Å². The van der Waals surface area contributed by atoms with Crippen molar-refractivity contribution in [2.24, 2.45) is 0 Å². The summed E-state index contributed by atoms with van der Waals surface area (Å²) in [7, 11) is 0. The molecule has 5 aromatic rings. The van der Waals surface area contributed by atoms with Crippen LogP contribution in [-0.4, -0.2) is 0 Å². The summed E-state index contributed by atoms with van der Waals surface area (Å²) >= 11 is 3.93. The van der Waals surface area contributed by atoms with Gasteiger partial charge >= 0.3 is 0 Å². The zero-order chi connectivity index (χ0) is 20.6. The SMILES string of the molecule is Brc1cccc2c1C1(c3ccccc3Oc3c1ccc1ccccc31)c1ccccc1-2. The van der Waals surface area contributed by atoms with E-state index in [1.165, 1.54) is 38.8 Å². The molecule has 0 bridgehead atoms. The molecule has 0 amide bonds. The monoisotopic (exact) mass is 460 g/mol. The Labute approximate surface area is 189 Å². The van der Waals surface area contributed by atoms with Crippen molar-refractivity contribution in [1.29, 1.82) is 0 Å². The lowest BCUT2D eigenvalue weighted by atomic mass is 9.66. The van der Waals surface area contributed by atoms with Crippen LogP contribution in [0.5, 0.6) is 11.5 Å². The lowest BCUT2D eigenvalue weighted by Gasteiger charge is -2.40. The molecule has 0 saturated carbocycles. The predicted molar refractivity (Wildman–Crippen MR) is 129 cm³/mol. The molecule has 1 aliphatic heterocycles. The van der Waals surface area contributed by atoms with Crippen LogP contribution in [-0.2, 0) is 5.41 Å². The van der Waals surface area contributed by atoms with Gasteiger partial charge in [-0.15, -0.1) is 0 Å². The maximum Gasteiger partial charge on any atom is 0.140 e. The normalized spacial score (nSPS) is 17.6. The van der Waals surface area contributed by atoms with E-state index in [0.717, 1.165) is 21.4 Å². The van der Waals surface area contributed by atoms with Gasteiger partial charge in [-0.25, -0.2) is 0 Å². The molecule has 146 valence electrons. The first kappa shape index (κ1) is 17.3. The topological polar surface area (TPSA) is 9.23 Å². The Morgan fingerprint density at radius 2 is 1.32 bits per heavy atom. The Kier molecular flexibility index (Phi) is 3.40. The summed E-state index contributed by atoms with van der Waals surface area (Å²) in [6.07, 6.45) is 0. The van der Waals surface area contributed by atoms with E-state index in [4.69, 9.17) is 4.74 Å². The van der Waals surface area contributed by atoms with Crippen molar-refractivity contribution in [2.75, 3.05) is 0 Å². The van der Waals surface area contributed by atoms with E-state index in [0.29, 0.717) is 0 Å². The fraction of sp³-hybridized carbons (Fsp3) is 0.0345. The minimum atomic E-state index is -0.430. The van der Waals surface area contributed by atoms with Crippen LogP contribution in [0.2, 0.25) is 0 Å². The lowest BCUT2D eigenvalue weighted by molar-refractivity contribution is 0.441. The number of rotatable bonds is 0. The molecule has 0 fully saturated rings. The van der Waals surface area contributed by atoms with Crippen molar-refractivity contribution in [3.63, 3.8) is 0 Å². The predicted octanol–water partition coefficient (Wildman–Crippen LogP) is 8.07. The molecule has 31 heavy (non-hydrogen) atoms. The number of hydrogen-bond donors (Lipinski definition) is 0. The Balaban J connectivity index is 1.75. The Hall–Kier alpha value is -3.36. The first-order valence-electron chi connectivity index (χ1n) is 10.5. The van der Waals surface area contributed by atoms with E-state index in [9.17, 15) is 0 Å². The Morgan fingerprint density at radius 1 is 0.581 bits per heavy atom. The summed E-state index contributed by atoms with van der Waals surface area (Å²) in [5.74, 6) is 1.87. The summed E-state index contributed by atoms with van der Waals surface area (Å²) in [6, 6.07) is 36.8. The van der Waals surface area contributed by atoms with Gasteiger partial charge < -0.3 is 4.74 Å². The van der Waals surface area contributed by atoms with Gasteiger partial charge in [-0.2, -0.15) is 0 Å². The second-order valence-electron chi connectivity index (χ2n) is 8.22. The van der Waals surface area contributed by atoms with E-state index in [2.05, 4.69) is 119 Å². The number of fused-ring (bicyclic) bond motifs is 11. The van der Waals surface area contributed by atoms with Gasteiger partial charge in [0.15, 0.2) is 0 Å². The molecular formula is C29H17BrO. The van der Waals surface area contributed by atoms with Crippen LogP contribution in [0.3, 0.4) is 0 Å². The van der Waals surface area contributed by atoms with E-state index in [1.807, 2.05) is 0 Å². The summed E-state index contributed by atoms with van der Waals surface area (Å²) in [5, 5.41) is 2.33. The number of hydrogen-bond acceptors (Lipinski definition) is 1. The van der Waals surface area contributed by atoms with E-state index >= 15 is 0 Å². The van der Waals surface area contributed by atoms with Crippen molar-refractivity contribution >= 4 is 26.7 Å². The van der Waals surface area contributed by atoms with Gasteiger partial charge in [0.1, 0.15) is 11.5 Å². The minimum absolute atomic E-state index is 0.430. The molecule has 1 unspecified atom stereocenters. The Morgan fingerprint density at radius 3 is 2.26 bits per heavy atom. The minimum Gasteiger partial charge on any atom is -0.456 e. The fourth-order valence-electron chi connectivity index (χ4n) is 5.64. The highest BCUT2D eigenvalue weighted by Crippen LogP contribution is 2.64. The van der Waals surface area contributed by atoms with Crippen LogP contribution < -0.4 is 4.74 Å². The maximum absolute atomic E-state index is 6.63. The van der Waals surface area contributed by atoms with Crippen LogP contribution >= 0.6 is 15.9 Å². The molecule has 5 aromatic carbocycles. The van der Waals surface area contributed by atoms with Gasteiger partial charge in [0, 0.05) is 21.0 Å². The molecule has 1 aliphatic carbocycles. The molecule has 0 saturated heterocycles. The fourth-order valence-corrected chi connectivity index (χ4v) is 6.30. The second kappa shape index (κ2) is 6.09. The van der Waals surface area contributed by atoms with Crippen LogP contribution in [0.15, 0.2) is 108 Å². The van der Waals surface area contributed by atoms with Crippen LogP contribution in [0, 0.1) is 0 Å². The van der Waals surface area contributed by atoms with Crippen molar-refractivity contribution in [1.82, 2.24) is 0 Å².